The first-order valence-corrected chi connectivity index (χ1v) is 15.9. The summed E-state index contributed by atoms with van der Waals surface area (Å²) in [6.45, 7) is 6.60. The van der Waals surface area contributed by atoms with Gasteiger partial charge in [0.25, 0.3) is 5.91 Å². The van der Waals surface area contributed by atoms with Gasteiger partial charge in [0.05, 0.1) is 41.2 Å². The number of halogens is 2. The number of carbonyl (C=O) groups excluding carboxylic acids is 3. The molecule has 5 rings (SSSR count). The van der Waals surface area contributed by atoms with Crippen molar-refractivity contribution in [1.82, 2.24) is 30.2 Å². The summed E-state index contributed by atoms with van der Waals surface area (Å²) in [7, 11) is 1.58. The molecule has 2 fully saturated rings. The molecule has 2 amide bonds. The Bertz CT molecular complexity index is 1510. The predicted octanol–water partition coefficient (Wildman–Crippen LogP) is 3.78. The number of rotatable bonds is 11. The molecule has 13 nitrogen and oxygen atoms in total. The van der Waals surface area contributed by atoms with E-state index in [0.717, 1.165) is 13.0 Å². The van der Waals surface area contributed by atoms with Crippen molar-refractivity contribution in [2.75, 3.05) is 56.7 Å². The highest BCUT2D eigenvalue weighted by atomic mass is 35.5. The lowest BCUT2D eigenvalue weighted by atomic mass is 10.0. The number of carbonyl (C=O) groups is 3. The van der Waals surface area contributed by atoms with Crippen LogP contribution in [0.3, 0.4) is 0 Å². The summed E-state index contributed by atoms with van der Waals surface area (Å²) < 4.78 is 11.1. The maximum Gasteiger partial charge on any atom is 0.350 e. The number of aromatic nitrogens is 4. The lowest BCUT2D eigenvalue weighted by Gasteiger charge is -2.37. The summed E-state index contributed by atoms with van der Waals surface area (Å²) in [6, 6.07) is -0.291. The van der Waals surface area contributed by atoms with Gasteiger partial charge >= 0.3 is 5.97 Å². The number of thiazole rings is 1. The van der Waals surface area contributed by atoms with E-state index in [-0.39, 0.29) is 41.3 Å². The van der Waals surface area contributed by atoms with Gasteiger partial charge in [-0.25, -0.2) is 19.7 Å². The summed E-state index contributed by atoms with van der Waals surface area (Å²) >= 11 is 13.6. The van der Waals surface area contributed by atoms with Gasteiger partial charge in [-0.1, -0.05) is 34.5 Å². The van der Waals surface area contributed by atoms with E-state index in [1.54, 1.807) is 33.4 Å². The van der Waals surface area contributed by atoms with Gasteiger partial charge in [0, 0.05) is 51.9 Å². The van der Waals surface area contributed by atoms with Crippen molar-refractivity contribution in [3.05, 3.63) is 38.7 Å². The van der Waals surface area contributed by atoms with E-state index in [1.165, 1.54) is 11.3 Å². The number of aryl methyl sites for hydroxylation is 1. The second kappa shape index (κ2) is 14.1. The molecule has 44 heavy (non-hydrogen) atoms. The molecule has 5 heterocycles. The zero-order valence-electron chi connectivity index (χ0n) is 24.6. The third-order valence-corrected chi connectivity index (χ3v) is 9.60. The quantitative estimate of drug-likeness (QED) is 0.258. The minimum atomic E-state index is -0.493. The molecule has 0 unspecified atom stereocenters. The summed E-state index contributed by atoms with van der Waals surface area (Å²) in [4.78, 5) is 58.5. The van der Waals surface area contributed by atoms with Gasteiger partial charge in [-0.05, 0) is 26.7 Å². The predicted molar refractivity (Wildman–Crippen MR) is 168 cm³/mol. The molecular formula is C28H34Cl2N8O5S. The Morgan fingerprint density at radius 1 is 1.20 bits per heavy atom. The number of H-pyrrole nitrogens is 1. The van der Waals surface area contributed by atoms with Crippen molar-refractivity contribution >= 4 is 63.3 Å². The van der Waals surface area contributed by atoms with Crippen LogP contribution in [0.1, 0.15) is 52.0 Å². The number of likely N-dealkylation sites (tertiary alicyclic amines) is 1. The van der Waals surface area contributed by atoms with Gasteiger partial charge in [0.1, 0.15) is 27.8 Å². The van der Waals surface area contributed by atoms with Gasteiger partial charge < -0.3 is 34.9 Å². The standard InChI is InChI=1S/C28H34Cl2N8O5S/c1-4-43-27(41)25-23(17-12-33-19(13-32-17)31-8-11-37-9-5-6-20(37)39)36-28(44-25)38-10-7-16(18(14-38)42-3)35-26(40)24-22(30)21(29)15(2)34-24/h12-13,16,18,34H,4-11,14H2,1-3H3,(H,31,33)(H,35,40)/t16-,18+/m1/s1. The fraction of sp³-hybridized carbons (Fsp3) is 0.500. The van der Waals surface area contributed by atoms with E-state index in [1.807, 2.05) is 9.80 Å². The molecule has 3 aromatic heterocycles. The number of amides is 2. The van der Waals surface area contributed by atoms with Crippen LogP contribution in [-0.4, -0.2) is 101 Å². The Morgan fingerprint density at radius 2 is 2.02 bits per heavy atom. The van der Waals surface area contributed by atoms with Crippen LogP contribution in [0.2, 0.25) is 10.0 Å². The number of aromatic amines is 1. The second-order valence-electron chi connectivity index (χ2n) is 10.4. The molecule has 0 bridgehead atoms. The fourth-order valence-corrected chi connectivity index (χ4v) is 6.64. The third-order valence-electron chi connectivity index (χ3n) is 7.56. The fourth-order valence-electron chi connectivity index (χ4n) is 5.22. The lowest BCUT2D eigenvalue weighted by Crippen LogP contribution is -2.55. The maximum atomic E-state index is 13.0. The Labute approximate surface area is 268 Å². The molecule has 16 heteroatoms. The van der Waals surface area contributed by atoms with Gasteiger partial charge in [0.15, 0.2) is 5.13 Å². The lowest BCUT2D eigenvalue weighted by molar-refractivity contribution is -0.127. The molecule has 2 atom stereocenters. The van der Waals surface area contributed by atoms with E-state index >= 15 is 0 Å². The van der Waals surface area contributed by atoms with E-state index in [0.29, 0.717) is 77.0 Å². The van der Waals surface area contributed by atoms with Crippen molar-refractivity contribution in [1.29, 1.82) is 0 Å². The SMILES string of the molecule is CCOC(=O)c1sc(N2CC[C@@H](NC(=O)c3[nH]c(C)c(Cl)c3Cl)[C@@H](OC)C2)nc1-c1cnc(NCCN2CCCC2=O)cn1. The average Bonchev–Trinajstić information content (AvgIpc) is 3.72. The number of nitrogens with zero attached hydrogens (tertiary/aromatic N) is 5. The first kappa shape index (κ1) is 31.9. The number of hydrogen-bond acceptors (Lipinski definition) is 11. The minimum absolute atomic E-state index is 0.173. The van der Waals surface area contributed by atoms with Gasteiger partial charge in [-0.3, -0.25) is 9.59 Å². The molecule has 2 saturated heterocycles. The van der Waals surface area contributed by atoms with Crippen LogP contribution in [0.5, 0.6) is 0 Å². The summed E-state index contributed by atoms with van der Waals surface area (Å²) in [6.07, 6.45) is 4.83. The average molecular weight is 666 g/mol. The van der Waals surface area contributed by atoms with Crippen molar-refractivity contribution in [2.45, 2.75) is 45.3 Å². The molecule has 3 N–H and O–H groups in total. The maximum absolute atomic E-state index is 13.0. The van der Waals surface area contributed by atoms with Crippen LogP contribution in [0.4, 0.5) is 10.9 Å². The van der Waals surface area contributed by atoms with Crippen molar-refractivity contribution in [2.24, 2.45) is 0 Å². The van der Waals surface area contributed by atoms with Crippen molar-refractivity contribution in [3.8, 4) is 11.4 Å². The topological polar surface area (TPSA) is 155 Å². The molecule has 0 saturated carbocycles. The monoisotopic (exact) mass is 664 g/mol. The Hall–Kier alpha value is -3.46. The zero-order chi connectivity index (χ0) is 31.4. The van der Waals surface area contributed by atoms with Crippen LogP contribution in [0.25, 0.3) is 11.4 Å². The van der Waals surface area contributed by atoms with Gasteiger partial charge in [-0.2, -0.15) is 0 Å². The molecule has 0 radical (unpaired) electrons. The zero-order valence-corrected chi connectivity index (χ0v) is 26.9. The number of methoxy groups -OCH3 is 1. The summed E-state index contributed by atoms with van der Waals surface area (Å²) in [5, 5.41) is 7.29. The third kappa shape index (κ3) is 6.93. The van der Waals surface area contributed by atoms with Gasteiger partial charge in [-0.15, -0.1) is 0 Å². The van der Waals surface area contributed by atoms with Crippen LogP contribution < -0.4 is 15.5 Å². The number of esters is 1. The molecule has 0 aromatic carbocycles. The number of nitrogens with one attached hydrogen (secondary N) is 3. The molecule has 3 aromatic rings. The summed E-state index contributed by atoms with van der Waals surface area (Å²) in [5.41, 5.74) is 1.63. The number of anilines is 2. The van der Waals surface area contributed by atoms with E-state index < -0.39 is 5.97 Å². The first-order valence-electron chi connectivity index (χ1n) is 14.3. The molecule has 0 aliphatic carbocycles. The van der Waals surface area contributed by atoms with Crippen molar-refractivity contribution < 1.29 is 23.9 Å². The second-order valence-corrected chi connectivity index (χ2v) is 12.2. The minimum Gasteiger partial charge on any atom is -0.462 e. The van der Waals surface area contributed by atoms with Crippen molar-refractivity contribution in [3.63, 3.8) is 0 Å². The van der Waals surface area contributed by atoms with Crippen LogP contribution >= 0.6 is 34.5 Å². The highest BCUT2D eigenvalue weighted by molar-refractivity contribution is 7.17. The molecule has 2 aliphatic rings. The number of ether oxygens (including phenoxy) is 2. The first-order chi connectivity index (χ1) is 21.2. The van der Waals surface area contributed by atoms with E-state index in [4.69, 9.17) is 37.7 Å². The highest BCUT2D eigenvalue weighted by Gasteiger charge is 2.34. The number of hydrogen-bond donors (Lipinski definition) is 3. The van der Waals surface area contributed by atoms with Gasteiger partial charge in [0.2, 0.25) is 5.91 Å². The molecular weight excluding hydrogens is 631 g/mol. The van der Waals surface area contributed by atoms with Crippen LogP contribution in [-0.2, 0) is 14.3 Å². The Kier molecular flexibility index (Phi) is 10.2. The molecule has 2 aliphatic heterocycles. The molecule has 0 spiro atoms. The Morgan fingerprint density at radius 3 is 2.66 bits per heavy atom. The highest BCUT2D eigenvalue weighted by Crippen LogP contribution is 2.35. The summed E-state index contributed by atoms with van der Waals surface area (Å²) in [5.74, 6) is -0.133. The van der Waals surface area contributed by atoms with Crippen LogP contribution in [0.15, 0.2) is 12.4 Å². The van der Waals surface area contributed by atoms with Crippen LogP contribution in [0, 0.1) is 6.92 Å². The number of piperidine rings is 1. The molecule has 236 valence electrons. The Balaban J connectivity index is 1.28. The smallest absolute Gasteiger partial charge is 0.350 e. The normalized spacial score (nSPS) is 18.5. The van der Waals surface area contributed by atoms with E-state index in [2.05, 4.69) is 25.6 Å². The van der Waals surface area contributed by atoms with E-state index in [9.17, 15) is 14.4 Å². The largest absolute Gasteiger partial charge is 0.462 e.